The molecule has 7 nitrogen and oxygen atoms in total. The van der Waals surface area contributed by atoms with Gasteiger partial charge in [0.1, 0.15) is 17.0 Å². The summed E-state index contributed by atoms with van der Waals surface area (Å²) in [6.07, 6.45) is -0.588. The van der Waals surface area contributed by atoms with Crippen LogP contribution in [-0.2, 0) is 14.3 Å². The molecule has 28 heavy (non-hydrogen) atoms. The van der Waals surface area contributed by atoms with Crippen LogP contribution in [0.25, 0.3) is 0 Å². The van der Waals surface area contributed by atoms with Crippen molar-refractivity contribution in [2.24, 2.45) is 0 Å². The van der Waals surface area contributed by atoms with Crippen molar-refractivity contribution in [1.82, 2.24) is 4.90 Å². The minimum absolute atomic E-state index is 0.125. The second-order valence-corrected chi connectivity index (χ2v) is 8.36. The van der Waals surface area contributed by atoms with Crippen molar-refractivity contribution in [2.75, 3.05) is 38.8 Å². The van der Waals surface area contributed by atoms with Crippen molar-refractivity contribution in [3.05, 3.63) is 21.1 Å². The van der Waals surface area contributed by atoms with Crippen LogP contribution in [0.5, 0.6) is 5.75 Å². The van der Waals surface area contributed by atoms with Gasteiger partial charge in [0.15, 0.2) is 6.04 Å². The molecule has 1 aliphatic heterocycles. The summed E-state index contributed by atoms with van der Waals surface area (Å²) >= 11 is 18.7. The Kier molecular flexibility index (Phi) is 7.17. The first-order valence-corrected chi connectivity index (χ1v) is 9.67. The van der Waals surface area contributed by atoms with Crippen molar-refractivity contribution in [2.45, 2.75) is 32.4 Å². The minimum atomic E-state index is -0.885. The lowest BCUT2D eigenvalue weighted by Gasteiger charge is -2.41. The number of methoxy groups -OCH3 is 2. The van der Waals surface area contributed by atoms with Crippen LogP contribution in [0, 0.1) is 0 Å². The average Bonchev–Trinajstić information content (AvgIpc) is 2.63. The number of benzene rings is 1. The molecule has 1 heterocycles. The van der Waals surface area contributed by atoms with Gasteiger partial charge in [-0.25, -0.2) is 9.59 Å². The molecule has 0 radical (unpaired) electrons. The number of hydrogen-bond donors (Lipinski definition) is 0. The fraction of sp³-hybridized carbons (Fsp3) is 0.556. The largest absolute Gasteiger partial charge is 0.494 e. The third-order valence-electron chi connectivity index (χ3n) is 4.12. The number of piperazine rings is 1. The molecule has 1 aliphatic rings. The SMILES string of the molecule is COC(=O)[C@H]1CN(c2c(OC)cc(Cl)c(Cl)c2Cl)CCN1C(=O)OC(C)(C)C. The average molecular weight is 454 g/mol. The first-order chi connectivity index (χ1) is 13.0. The van der Waals surface area contributed by atoms with Gasteiger partial charge in [0.05, 0.1) is 29.3 Å². The van der Waals surface area contributed by atoms with Crippen molar-refractivity contribution < 1.29 is 23.8 Å². The number of ether oxygens (including phenoxy) is 3. The Balaban J connectivity index is 2.37. The quantitative estimate of drug-likeness (QED) is 0.503. The van der Waals surface area contributed by atoms with Gasteiger partial charge in [-0.05, 0) is 20.8 Å². The molecule has 0 aliphatic carbocycles. The molecule has 0 spiro atoms. The van der Waals surface area contributed by atoms with Gasteiger partial charge in [-0.2, -0.15) is 0 Å². The Morgan fingerprint density at radius 3 is 2.29 bits per heavy atom. The molecule has 10 heteroatoms. The number of carbonyl (C=O) groups is 2. The zero-order valence-corrected chi connectivity index (χ0v) is 18.6. The number of halogens is 3. The lowest BCUT2D eigenvalue weighted by atomic mass is 10.1. The van der Waals surface area contributed by atoms with Gasteiger partial charge in [0, 0.05) is 25.7 Å². The van der Waals surface area contributed by atoms with Crippen LogP contribution < -0.4 is 9.64 Å². The molecule has 0 unspecified atom stereocenters. The Hall–Kier alpha value is -1.57. The van der Waals surface area contributed by atoms with E-state index >= 15 is 0 Å². The summed E-state index contributed by atoms with van der Waals surface area (Å²) in [4.78, 5) is 28.1. The molecule has 0 bridgehead atoms. The Labute approximate surface area is 179 Å². The van der Waals surface area contributed by atoms with E-state index in [1.807, 2.05) is 4.90 Å². The van der Waals surface area contributed by atoms with Crippen molar-refractivity contribution in [1.29, 1.82) is 0 Å². The molecule has 1 fully saturated rings. The van der Waals surface area contributed by atoms with E-state index in [0.29, 0.717) is 18.0 Å². The fourth-order valence-corrected chi connectivity index (χ4v) is 3.58. The number of esters is 1. The maximum atomic E-state index is 12.6. The molecule has 0 saturated carbocycles. The number of hydrogen-bond acceptors (Lipinski definition) is 6. The number of rotatable bonds is 3. The molecule has 2 rings (SSSR count). The standard InChI is InChI=1S/C18H23Cl3N2O5/c1-18(2,3)28-17(25)23-7-6-22(9-11(23)16(24)27-5)15-12(26-4)8-10(19)13(20)14(15)21/h8,11H,6-7,9H2,1-5H3/t11-/m1/s1. The smallest absolute Gasteiger partial charge is 0.411 e. The van der Waals surface area contributed by atoms with Gasteiger partial charge in [0.2, 0.25) is 0 Å². The van der Waals surface area contributed by atoms with Gasteiger partial charge >= 0.3 is 12.1 Å². The van der Waals surface area contributed by atoms with E-state index in [1.165, 1.54) is 19.1 Å². The van der Waals surface area contributed by atoms with Gasteiger partial charge < -0.3 is 19.1 Å². The van der Waals surface area contributed by atoms with E-state index in [4.69, 9.17) is 49.0 Å². The highest BCUT2D eigenvalue weighted by Gasteiger charge is 2.39. The van der Waals surface area contributed by atoms with Crippen LogP contribution in [0.3, 0.4) is 0 Å². The van der Waals surface area contributed by atoms with Gasteiger partial charge in [-0.1, -0.05) is 34.8 Å². The van der Waals surface area contributed by atoms with E-state index < -0.39 is 23.7 Å². The minimum Gasteiger partial charge on any atom is -0.494 e. The molecule has 1 saturated heterocycles. The second kappa shape index (κ2) is 8.84. The maximum absolute atomic E-state index is 12.6. The van der Waals surface area contributed by atoms with E-state index in [0.717, 1.165) is 0 Å². The lowest BCUT2D eigenvalue weighted by molar-refractivity contribution is -0.147. The van der Waals surface area contributed by atoms with Crippen molar-refractivity contribution in [3.8, 4) is 5.75 Å². The third-order valence-corrected chi connectivity index (χ3v) is 5.37. The van der Waals surface area contributed by atoms with Gasteiger partial charge in [-0.15, -0.1) is 0 Å². The Bertz CT molecular complexity index is 767. The van der Waals surface area contributed by atoms with E-state index in [1.54, 1.807) is 26.8 Å². The van der Waals surface area contributed by atoms with Gasteiger partial charge in [0.25, 0.3) is 0 Å². The second-order valence-electron chi connectivity index (χ2n) is 7.20. The first-order valence-electron chi connectivity index (χ1n) is 8.54. The highest BCUT2D eigenvalue weighted by atomic mass is 35.5. The molecular formula is C18H23Cl3N2O5. The summed E-state index contributed by atoms with van der Waals surface area (Å²) in [5.41, 5.74) is -0.193. The fourth-order valence-electron chi connectivity index (χ4n) is 2.88. The van der Waals surface area contributed by atoms with Crippen LogP contribution in [0.1, 0.15) is 20.8 Å². The first kappa shape index (κ1) is 22.7. The summed E-state index contributed by atoms with van der Waals surface area (Å²) in [5.74, 6) is -0.153. The van der Waals surface area contributed by atoms with Crippen LogP contribution in [0.2, 0.25) is 15.1 Å². The van der Waals surface area contributed by atoms with Crippen LogP contribution in [0.4, 0.5) is 10.5 Å². The van der Waals surface area contributed by atoms with Crippen LogP contribution in [0.15, 0.2) is 6.07 Å². The normalized spacial score (nSPS) is 17.4. The zero-order chi connectivity index (χ0) is 21.2. The van der Waals surface area contributed by atoms with Crippen molar-refractivity contribution >= 4 is 52.6 Å². The topological polar surface area (TPSA) is 68.3 Å². The molecular weight excluding hydrogens is 431 g/mol. The predicted molar refractivity (Wildman–Crippen MR) is 109 cm³/mol. The number of carbonyl (C=O) groups excluding carboxylic acids is 2. The summed E-state index contributed by atoms with van der Waals surface area (Å²) in [7, 11) is 2.75. The molecule has 156 valence electrons. The molecule has 0 N–H and O–H groups in total. The van der Waals surface area contributed by atoms with E-state index in [2.05, 4.69) is 0 Å². The molecule has 1 aromatic rings. The third kappa shape index (κ3) is 4.88. The monoisotopic (exact) mass is 452 g/mol. The predicted octanol–water partition coefficient (Wildman–Crippen LogP) is 4.25. The molecule has 0 aromatic heterocycles. The summed E-state index contributed by atoms with van der Waals surface area (Å²) in [6, 6.07) is 0.669. The van der Waals surface area contributed by atoms with Crippen LogP contribution >= 0.6 is 34.8 Å². The summed E-state index contributed by atoms with van der Waals surface area (Å²) in [5, 5.41) is 0.646. The highest BCUT2D eigenvalue weighted by molar-refractivity contribution is 6.49. The van der Waals surface area contributed by atoms with Crippen LogP contribution in [-0.4, -0.2) is 62.5 Å². The lowest BCUT2D eigenvalue weighted by Crippen LogP contribution is -2.59. The molecule has 1 aromatic carbocycles. The summed E-state index contributed by atoms with van der Waals surface area (Å²) in [6.45, 7) is 5.99. The van der Waals surface area contributed by atoms with Crippen molar-refractivity contribution in [3.63, 3.8) is 0 Å². The number of anilines is 1. The van der Waals surface area contributed by atoms with Gasteiger partial charge in [-0.3, -0.25) is 4.90 Å². The Morgan fingerprint density at radius 2 is 1.75 bits per heavy atom. The Morgan fingerprint density at radius 1 is 1.11 bits per heavy atom. The summed E-state index contributed by atoms with van der Waals surface area (Å²) < 4.78 is 15.7. The maximum Gasteiger partial charge on any atom is 0.411 e. The van der Waals surface area contributed by atoms with E-state index in [9.17, 15) is 9.59 Å². The molecule has 1 atom stereocenters. The highest BCUT2D eigenvalue weighted by Crippen LogP contribution is 2.45. The number of amides is 1. The zero-order valence-electron chi connectivity index (χ0n) is 16.3. The van der Waals surface area contributed by atoms with E-state index in [-0.39, 0.29) is 28.2 Å². The number of nitrogens with zero attached hydrogens (tertiary/aromatic N) is 2. The molecule has 1 amide bonds.